The summed E-state index contributed by atoms with van der Waals surface area (Å²) in [5, 5.41) is 3.82. The molecule has 2 aromatic rings. The van der Waals surface area contributed by atoms with E-state index in [0.29, 0.717) is 11.0 Å². The number of anilines is 2. The monoisotopic (exact) mass is 254 g/mol. The maximum Gasteiger partial charge on any atom is 0.231 e. The van der Waals surface area contributed by atoms with Gasteiger partial charge >= 0.3 is 0 Å². The summed E-state index contributed by atoms with van der Waals surface area (Å²) in [4.78, 5) is 11.6. The third-order valence-electron chi connectivity index (χ3n) is 1.99. The number of hydrogen-bond donors (Lipinski definition) is 1. The normalized spacial score (nSPS) is 10.2. The Kier molecular flexibility index (Phi) is 3.22. The predicted octanol–water partition coefficient (Wildman–Crippen LogP) is 3.23. The molecule has 0 saturated carbocycles. The number of nitrogens with zero attached hydrogens (tertiary/aromatic N) is 3. The smallest absolute Gasteiger partial charge is 0.231 e. The zero-order valence-electron chi connectivity index (χ0n) is 8.41. The summed E-state index contributed by atoms with van der Waals surface area (Å²) in [6.07, 6.45) is 1.34. The average molecular weight is 255 g/mol. The first kappa shape index (κ1) is 11.1. The lowest BCUT2D eigenvalue weighted by atomic mass is 10.2. The fraction of sp³-hybridized carbons (Fsp3) is 0.100. The van der Waals surface area contributed by atoms with Crippen LogP contribution in [0.15, 0.2) is 24.5 Å². The molecule has 4 nitrogen and oxygen atoms in total. The second-order valence-electron chi connectivity index (χ2n) is 3.16. The van der Waals surface area contributed by atoms with E-state index < -0.39 is 0 Å². The van der Waals surface area contributed by atoms with Crippen LogP contribution in [0.25, 0.3) is 0 Å². The van der Waals surface area contributed by atoms with Crippen LogP contribution >= 0.6 is 23.2 Å². The Morgan fingerprint density at radius 1 is 1.19 bits per heavy atom. The second kappa shape index (κ2) is 4.63. The highest BCUT2D eigenvalue weighted by atomic mass is 35.5. The van der Waals surface area contributed by atoms with E-state index in [9.17, 15) is 0 Å². The van der Waals surface area contributed by atoms with Crippen LogP contribution in [0.4, 0.5) is 11.6 Å². The van der Waals surface area contributed by atoms with Gasteiger partial charge in [0.2, 0.25) is 11.2 Å². The molecule has 0 bridgehead atoms. The summed E-state index contributed by atoms with van der Waals surface area (Å²) in [7, 11) is 0. The number of rotatable bonds is 2. The zero-order chi connectivity index (χ0) is 11.5. The summed E-state index contributed by atoms with van der Waals surface area (Å²) < 4.78 is 0. The molecule has 0 atom stereocenters. The third-order valence-corrected chi connectivity index (χ3v) is 2.41. The molecule has 1 N–H and O–H groups in total. The number of benzene rings is 1. The van der Waals surface area contributed by atoms with Crippen LogP contribution in [-0.4, -0.2) is 15.0 Å². The summed E-state index contributed by atoms with van der Waals surface area (Å²) in [6.45, 7) is 1.96. The Morgan fingerprint density at radius 3 is 2.75 bits per heavy atom. The molecule has 82 valence electrons. The van der Waals surface area contributed by atoms with Crippen molar-refractivity contribution in [3.63, 3.8) is 0 Å². The van der Waals surface area contributed by atoms with Crippen LogP contribution in [0.2, 0.25) is 10.3 Å². The van der Waals surface area contributed by atoms with Crippen molar-refractivity contribution in [3.8, 4) is 0 Å². The Morgan fingerprint density at radius 2 is 2.00 bits per heavy atom. The van der Waals surface area contributed by atoms with Crippen molar-refractivity contribution in [2.45, 2.75) is 6.92 Å². The molecule has 1 aromatic heterocycles. The van der Waals surface area contributed by atoms with Crippen molar-refractivity contribution in [2.24, 2.45) is 0 Å². The predicted molar refractivity (Wildman–Crippen MR) is 64.3 cm³/mol. The fourth-order valence-electron chi connectivity index (χ4n) is 1.19. The van der Waals surface area contributed by atoms with Gasteiger partial charge in [-0.1, -0.05) is 17.7 Å². The molecule has 0 radical (unpaired) electrons. The first-order chi connectivity index (χ1) is 7.65. The van der Waals surface area contributed by atoms with Crippen molar-refractivity contribution in [2.75, 3.05) is 5.32 Å². The van der Waals surface area contributed by atoms with E-state index in [1.807, 2.05) is 19.1 Å². The number of aryl methyl sites for hydroxylation is 1. The van der Waals surface area contributed by atoms with Crippen molar-refractivity contribution in [1.82, 2.24) is 15.0 Å². The summed E-state index contributed by atoms with van der Waals surface area (Å²) in [5.41, 5.74) is 1.88. The minimum Gasteiger partial charge on any atom is -0.324 e. The highest BCUT2D eigenvalue weighted by Crippen LogP contribution is 2.22. The minimum absolute atomic E-state index is 0.150. The highest BCUT2D eigenvalue weighted by Gasteiger charge is 2.02. The first-order valence-electron chi connectivity index (χ1n) is 4.53. The van der Waals surface area contributed by atoms with Crippen LogP contribution in [0.1, 0.15) is 5.56 Å². The van der Waals surface area contributed by atoms with Crippen LogP contribution in [-0.2, 0) is 0 Å². The van der Waals surface area contributed by atoms with E-state index in [1.165, 1.54) is 6.33 Å². The fourth-order valence-corrected chi connectivity index (χ4v) is 1.48. The van der Waals surface area contributed by atoms with Gasteiger partial charge in [-0.3, -0.25) is 0 Å². The Bertz CT molecular complexity index is 516. The standard InChI is InChI=1S/C10H8Cl2N4/c1-6-2-3-7(11)4-8(6)15-10-14-5-13-9(12)16-10/h2-5H,1H3,(H,13,14,15,16). The zero-order valence-corrected chi connectivity index (χ0v) is 9.92. The largest absolute Gasteiger partial charge is 0.324 e. The topological polar surface area (TPSA) is 50.7 Å². The van der Waals surface area contributed by atoms with E-state index in [2.05, 4.69) is 20.3 Å². The average Bonchev–Trinajstić information content (AvgIpc) is 2.24. The van der Waals surface area contributed by atoms with Gasteiger partial charge in [-0.15, -0.1) is 0 Å². The summed E-state index contributed by atoms with van der Waals surface area (Å²) >= 11 is 11.5. The van der Waals surface area contributed by atoms with Gasteiger partial charge in [0.15, 0.2) is 0 Å². The summed E-state index contributed by atoms with van der Waals surface area (Å²) in [5.74, 6) is 0.394. The first-order valence-corrected chi connectivity index (χ1v) is 5.28. The maximum absolute atomic E-state index is 5.90. The van der Waals surface area contributed by atoms with Gasteiger partial charge < -0.3 is 5.32 Å². The lowest BCUT2D eigenvalue weighted by Gasteiger charge is -2.07. The molecule has 16 heavy (non-hydrogen) atoms. The molecule has 1 aromatic carbocycles. The number of nitrogens with one attached hydrogen (secondary N) is 1. The Labute approximate surface area is 103 Å². The molecule has 1 heterocycles. The van der Waals surface area contributed by atoms with Gasteiger partial charge in [0.25, 0.3) is 0 Å². The van der Waals surface area contributed by atoms with Crippen LogP contribution in [0.5, 0.6) is 0 Å². The molecule has 0 aliphatic carbocycles. The Hall–Kier alpha value is -1.39. The molecular formula is C10H8Cl2N4. The van der Waals surface area contributed by atoms with Crippen LogP contribution in [0.3, 0.4) is 0 Å². The number of aromatic nitrogens is 3. The summed E-state index contributed by atoms with van der Waals surface area (Å²) in [6, 6.07) is 5.53. The lowest BCUT2D eigenvalue weighted by molar-refractivity contribution is 1.05. The Balaban J connectivity index is 2.30. The quantitative estimate of drug-likeness (QED) is 0.894. The van der Waals surface area contributed by atoms with E-state index in [1.54, 1.807) is 6.07 Å². The molecule has 2 rings (SSSR count). The number of hydrogen-bond acceptors (Lipinski definition) is 4. The van der Waals surface area contributed by atoms with Gasteiger partial charge in [-0.05, 0) is 36.2 Å². The highest BCUT2D eigenvalue weighted by molar-refractivity contribution is 6.30. The van der Waals surface area contributed by atoms with E-state index >= 15 is 0 Å². The van der Waals surface area contributed by atoms with Gasteiger partial charge in [-0.25, -0.2) is 9.97 Å². The molecule has 0 spiro atoms. The molecule has 0 amide bonds. The van der Waals surface area contributed by atoms with Crippen molar-refractivity contribution < 1.29 is 0 Å². The van der Waals surface area contributed by atoms with Gasteiger partial charge in [0, 0.05) is 10.7 Å². The molecule has 0 unspecified atom stereocenters. The van der Waals surface area contributed by atoms with Crippen LogP contribution < -0.4 is 5.32 Å². The maximum atomic E-state index is 5.90. The van der Waals surface area contributed by atoms with E-state index in [4.69, 9.17) is 23.2 Å². The second-order valence-corrected chi connectivity index (χ2v) is 3.94. The minimum atomic E-state index is 0.150. The van der Waals surface area contributed by atoms with Crippen molar-refractivity contribution in [1.29, 1.82) is 0 Å². The van der Waals surface area contributed by atoms with E-state index in [-0.39, 0.29) is 5.28 Å². The van der Waals surface area contributed by atoms with Gasteiger partial charge in [0.05, 0.1) is 0 Å². The third kappa shape index (κ3) is 2.59. The van der Waals surface area contributed by atoms with Crippen molar-refractivity contribution >= 4 is 34.8 Å². The van der Waals surface area contributed by atoms with E-state index in [0.717, 1.165) is 11.3 Å². The van der Waals surface area contributed by atoms with Crippen molar-refractivity contribution in [3.05, 3.63) is 40.4 Å². The molecule has 0 fully saturated rings. The molecule has 0 aliphatic rings. The molecular weight excluding hydrogens is 247 g/mol. The lowest BCUT2D eigenvalue weighted by Crippen LogP contribution is -1.99. The SMILES string of the molecule is Cc1ccc(Cl)cc1Nc1ncnc(Cl)n1. The molecule has 0 aliphatic heterocycles. The number of halogens is 2. The van der Waals surface area contributed by atoms with Gasteiger partial charge in [-0.2, -0.15) is 4.98 Å². The molecule has 0 saturated heterocycles. The van der Waals surface area contributed by atoms with Gasteiger partial charge in [0.1, 0.15) is 6.33 Å². The van der Waals surface area contributed by atoms with Crippen LogP contribution in [0, 0.1) is 6.92 Å². The molecule has 6 heteroatoms.